The maximum absolute atomic E-state index is 4.28. The minimum atomic E-state index is 0.686. The van der Waals surface area contributed by atoms with Crippen molar-refractivity contribution in [2.45, 2.75) is 20.8 Å². The van der Waals surface area contributed by atoms with Crippen molar-refractivity contribution in [1.29, 1.82) is 0 Å². The van der Waals surface area contributed by atoms with Gasteiger partial charge in [0.05, 0.1) is 0 Å². The lowest BCUT2D eigenvalue weighted by Gasteiger charge is -2.21. The molecule has 0 unspecified atom stereocenters. The van der Waals surface area contributed by atoms with Crippen LogP contribution in [0.4, 0.5) is 5.82 Å². The van der Waals surface area contributed by atoms with E-state index in [1.54, 1.807) is 6.33 Å². The van der Waals surface area contributed by atoms with Gasteiger partial charge in [-0.05, 0) is 37.1 Å². The van der Waals surface area contributed by atoms with E-state index in [9.17, 15) is 0 Å². The summed E-state index contributed by atoms with van der Waals surface area (Å²) in [5.74, 6) is 1.77. The first-order valence-electron chi connectivity index (χ1n) is 6.80. The number of nitrogens with one attached hydrogen (secondary N) is 1. The molecular weight excluding hydrogens is 238 g/mol. The van der Waals surface area contributed by atoms with Gasteiger partial charge in [0.1, 0.15) is 12.1 Å². The van der Waals surface area contributed by atoms with Crippen molar-refractivity contribution in [2.24, 2.45) is 5.92 Å². The number of anilines is 1. The fraction of sp³-hybridized carbons (Fsp3) is 0.571. The van der Waals surface area contributed by atoms with Gasteiger partial charge in [0.15, 0.2) is 5.65 Å². The monoisotopic (exact) mass is 261 g/mol. The molecule has 5 heteroatoms. The number of hydrogen-bond donors (Lipinski definition) is 1. The first-order chi connectivity index (χ1) is 9.08. The van der Waals surface area contributed by atoms with E-state index < -0.39 is 0 Å². The predicted octanol–water partition coefficient (Wildman–Crippen LogP) is 1.72. The fourth-order valence-electron chi connectivity index (χ4n) is 2.06. The van der Waals surface area contributed by atoms with E-state index in [0.29, 0.717) is 5.92 Å². The molecule has 0 aliphatic heterocycles. The average Bonchev–Trinajstić information content (AvgIpc) is 2.80. The molecule has 0 spiro atoms. The third-order valence-electron chi connectivity index (χ3n) is 3.07. The second-order valence-corrected chi connectivity index (χ2v) is 5.44. The molecular formula is C14H23N5. The summed E-state index contributed by atoms with van der Waals surface area (Å²) in [6.07, 6.45) is 1.60. The Kier molecular flexibility index (Phi) is 4.37. The van der Waals surface area contributed by atoms with Crippen molar-refractivity contribution in [2.75, 3.05) is 31.6 Å². The number of hydrogen-bond acceptors (Lipinski definition) is 4. The summed E-state index contributed by atoms with van der Waals surface area (Å²) in [6, 6.07) is 4.19. The summed E-state index contributed by atoms with van der Waals surface area (Å²) >= 11 is 0. The van der Waals surface area contributed by atoms with Crippen LogP contribution in [0.15, 0.2) is 18.5 Å². The molecule has 0 saturated carbocycles. The Morgan fingerprint density at radius 3 is 2.89 bits per heavy atom. The number of likely N-dealkylation sites (N-methyl/N-ethyl adjacent to an activating group) is 1. The third-order valence-corrected chi connectivity index (χ3v) is 3.07. The zero-order chi connectivity index (χ0) is 13.8. The summed E-state index contributed by atoms with van der Waals surface area (Å²) < 4.78 is 1.88. The van der Waals surface area contributed by atoms with Gasteiger partial charge in [-0.2, -0.15) is 9.61 Å². The van der Waals surface area contributed by atoms with Gasteiger partial charge in [-0.1, -0.05) is 13.8 Å². The highest BCUT2D eigenvalue weighted by atomic mass is 15.4. The molecule has 5 nitrogen and oxygen atoms in total. The van der Waals surface area contributed by atoms with E-state index in [1.807, 2.05) is 10.6 Å². The minimum Gasteiger partial charge on any atom is -0.358 e. The fourth-order valence-corrected chi connectivity index (χ4v) is 2.06. The first-order valence-corrected chi connectivity index (χ1v) is 6.80. The Bertz CT molecular complexity index is 532. The Morgan fingerprint density at radius 2 is 2.16 bits per heavy atom. The van der Waals surface area contributed by atoms with Crippen LogP contribution in [0.25, 0.3) is 5.65 Å². The lowest BCUT2D eigenvalue weighted by Crippen LogP contribution is -2.32. The maximum Gasteiger partial charge on any atom is 0.157 e. The van der Waals surface area contributed by atoms with Crippen molar-refractivity contribution in [1.82, 2.24) is 19.9 Å². The van der Waals surface area contributed by atoms with Crippen molar-refractivity contribution >= 4 is 11.5 Å². The molecule has 0 aromatic carbocycles. The van der Waals surface area contributed by atoms with Gasteiger partial charge >= 0.3 is 0 Å². The molecule has 2 aromatic heterocycles. The van der Waals surface area contributed by atoms with Gasteiger partial charge in [0.25, 0.3) is 0 Å². The lowest BCUT2D eigenvalue weighted by atomic mass is 10.2. The third kappa shape index (κ3) is 3.44. The molecule has 19 heavy (non-hydrogen) atoms. The predicted molar refractivity (Wildman–Crippen MR) is 78.7 cm³/mol. The molecule has 0 radical (unpaired) electrons. The molecule has 104 valence electrons. The molecule has 0 fully saturated rings. The SMILES string of the molecule is Cc1cc(N(C)CCNCC(C)C)n2ncnc2c1. The van der Waals surface area contributed by atoms with Gasteiger partial charge in [-0.3, -0.25) is 0 Å². The highest BCUT2D eigenvalue weighted by Crippen LogP contribution is 2.16. The van der Waals surface area contributed by atoms with Crippen LogP contribution in [0.3, 0.4) is 0 Å². The number of nitrogens with zero attached hydrogens (tertiary/aromatic N) is 4. The number of aromatic nitrogens is 3. The van der Waals surface area contributed by atoms with Gasteiger partial charge in [-0.25, -0.2) is 4.98 Å². The van der Waals surface area contributed by atoms with Crippen molar-refractivity contribution < 1.29 is 0 Å². The zero-order valence-corrected chi connectivity index (χ0v) is 12.2. The van der Waals surface area contributed by atoms with Crippen molar-refractivity contribution in [3.05, 3.63) is 24.0 Å². The van der Waals surface area contributed by atoms with Crippen LogP contribution in [0, 0.1) is 12.8 Å². The Balaban J connectivity index is 2.04. The van der Waals surface area contributed by atoms with Crippen LogP contribution < -0.4 is 10.2 Å². The van der Waals surface area contributed by atoms with Crippen LogP contribution in [-0.2, 0) is 0 Å². The Hall–Kier alpha value is -1.62. The van der Waals surface area contributed by atoms with E-state index in [4.69, 9.17) is 0 Å². The smallest absolute Gasteiger partial charge is 0.157 e. The van der Waals surface area contributed by atoms with Crippen molar-refractivity contribution in [3.8, 4) is 0 Å². The molecule has 2 heterocycles. The van der Waals surface area contributed by atoms with E-state index >= 15 is 0 Å². The zero-order valence-electron chi connectivity index (χ0n) is 12.2. The second-order valence-electron chi connectivity index (χ2n) is 5.44. The van der Waals surface area contributed by atoms with Crippen LogP contribution in [-0.4, -0.2) is 41.3 Å². The quantitative estimate of drug-likeness (QED) is 0.804. The molecule has 0 bridgehead atoms. The van der Waals surface area contributed by atoms with Crippen LogP contribution >= 0.6 is 0 Å². The summed E-state index contributed by atoms with van der Waals surface area (Å²) in [7, 11) is 2.09. The molecule has 2 rings (SSSR count). The lowest BCUT2D eigenvalue weighted by molar-refractivity contribution is 0.553. The summed E-state index contributed by atoms with van der Waals surface area (Å²) in [5, 5.41) is 7.74. The number of pyridine rings is 1. The van der Waals surface area contributed by atoms with Gasteiger partial charge in [0.2, 0.25) is 0 Å². The molecule has 0 aliphatic rings. The molecule has 0 amide bonds. The van der Waals surface area contributed by atoms with E-state index in [0.717, 1.165) is 31.1 Å². The molecule has 2 aromatic rings. The van der Waals surface area contributed by atoms with Crippen LogP contribution in [0.1, 0.15) is 19.4 Å². The van der Waals surface area contributed by atoms with Crippen LogP contribution in [0.5, 0.6) is 0 Å². The summed E-state index contributed by atoms with van der Waals surface area (Å²) in [5.41, 5.74) is 2.11. The highest BCUT2D eigenvalue weighted by Gasteiger charge is 2.08. The van der Waals surface area contributed by atoms with Gasteiger partial charge in [-0.15, -0.1) is 0 Å². The van der Waals surface area contributed by atoms with E-state index in [1.165, 1.54) is 5.56 Å². The Morgan fingerprint density at radius 1 is 1.37 bits per heavy atom. The topological polar surface area (TPSA) is 45.5 Å². The summed E-state index contributed by atoms with van der Waals surface area (Å²) in [6.45, 7) is 9.50. The van der Waals surface area contributed by atoms with Gasteiger partial charge in [0, 0.05) is 20.1 Å². The number of fused-ring (bicyclic) bond motifs is 1. The second kappa shape index (κ2) is 6.02. The molecule has 0 aliphatic carbocycles. The van der Waals surface area contributed by atoms with E-state index in [2.05, 4.69) is 54.2 Å². The number of rotatable bonds is 6. The van der Waals surface area contributed by atoms with Crippen molar-refractivity contribution in [3.63, 3.8) is 0 Å². The average molecular weight is 261 g/mol. The van der Waals surface area contributed by atoms with Gasteiger partial charge < -0.3 is 10.2 Å². The van der Waals surface area contributed by atoms with E-state index in [-0.39, 0.29) is 0 Å². The normalized spacial score (nSPS) is 11.4. The minimum absolute atomic E-state index is 0.686. The maximum atomic E-state index is 4.28. The van der Waals surface area contributed by atoms with Crippen LogP contribution in [0.2, 0.25) is 0 Å². The Labute approximate surface area is 114 Å². The number of aryl methyl sites for hydroxylation is 1. The molecule has 0 saturated heterocycles. The standard InChI is InChI=1S/C14H23N5/c1-11(2)9-15-5-6-18(4)14-8-12(3)7-13-16-10-17-19(13)14/h7-8,10-11,15H,5-6,9H2,1-4H3. The summed E-state index contributed by atoms with van der Waals surface area (Å²) in [4.78, 5) is 6.46. The first kappa shape index (κ1) is 13.8. The molecule has 0 atom stereocenters. The largest absolute Gasteiger partial charge is 0.358 e. The highest BCUT2D eigenvalue weighted by molar-refractivity contribution is 5.52. The molecule has 1 N–H and O–H groups in total.